The Morgan fingerprint density at radius 1 is 1.12 bits per heavy atom. The van der Waals surface area contributed by atoms with E-state index in [1.165, 1.54) is 35.3 Å². The van der Waals surface area contributed by atoms with Gasteiger partial charge in [0.25, 0.3) is 10.0 Å². The third-order valence-electron chi connectivity index (χ3n) is 3.72. The summed E-state index contributed by atoms with van der Waals surface area (Å²) in [6, 6.07) is 13.7. The fourth-order valence-electron chi connectivity index (χ4n) is 2.32. The molecule has 26 heavy (non-hydrogen) atoms. The zero-order valence-electron chi connectivity index (χ0n) is 15.6. The number of benzene rings is 1. The topological polar surface area (TPSA) is 65.0 Å². The van der Waals surface area contributed by atoms with E-state index in [0.717, 1.165) is 23.9 Å². The van der Waals surface area contributed by atoms with Crippen molar-refractivity contribution in [2.45, 2.75) is 24.2 Å². The largest absolute Gasteiger partial charge is 0.357 e. The van der Waals surface area contributed by atoms with Crippen LogP contribution < -0.4 is 5.32 Å². The molecule has 0 amide bonds. The monoisotopic (exact) mass is 394 g/mol. The number of hydrogen-bond acceptors (Lipinski definition) is 4. The molecule has 142 valence electrons. The number of sulfonamides is 1. The molecular formula is C18H26N4O2S2. The maximum absolute atomic E-state index is 12.2. The van der Waals surface area contributed by atoms with Gasteiger partial charge in [0.2, 0.25) is 0 Å². The molecule has 1 aromatic carbocycles. The molecule has 0 bridgehead atoms. The number of nitrogens with zero attached hydrogens (tertiary/aromatic N) is 3. The van der Waals surface area contributed by atoms with Gasteiger partial charge in [0, 0.05) is 39.1 Å². The van der Waals surface area contributed by atoms with Gasteiger partial charge in [-0.05, 0) is 24.6 Å². The highest BCUT2D eigenvalue weighted by Gasteiger charge is 2.19. The molecule has 2 aromatic rings. The quantitative estimate of drug-likeness (QED) is 0.579. The second kappa shape index (κ2) is 9.16. The summed E-state index contributed by atoms with van der Waals surface area (Å²) < 4.78 is 25.9. The van der Waals surface area contributed by atoms with Crippen molar-refractivity contribution in [3.05, 3.63) is 52.9 Å². The molecule has 0 atom stereocenters. The summed E-state index contributed by atoms with van der Waals surface area (Å²) in [4.78, 5) is 7.62. The molecule has 0 aliphatic carbocycles. The summed E-state index contributed by atoms with van der Waals surface area (Å²) in [5.41, 5.74) is 1.20. The van der Waals surface area contributed by atoms with Crippen LogP contribution in [0.4, 0.5) is 0 Å². The molecule has 0 unspecified atom stereocenters. The van der Waals surface area contributed by atoms with Gasteiger partial charge in [0.15, 0.2) is 5.96 Å². The average Bonchev–Trinajstić information content (AvgIpc) is 3.09. The first kappa shape index (κ1) is 20.4. The Labute approximate surface area is 160 Å². The van der Waals surface area contributed by atoms with E-state index in [9.17, 15) is 8.42 Å². The van der Waals surface area contributed by atoms with Crippen molar-refractivity contribution in [2.75, 3.05) is 27.7 Å². The lowest BCUT2D eigenvalue weighted by atomic mass is 10.2. The third-order valence-corrected chi connectivity index (χ3v) is 7.07. The lowest BCUT2D eigenvalue weighted by Gasteiger charge is -2.22. The predicted molar refractivity (Wildman–Crippen MR) is 108 cm³/mol. The minimum absolute atomic E-state index is 0.343. The van der Waals surface area contributed by atoms with Gasteiger partial charge in [-0.15, -0.1) is 11.3 Å². The van der Waals surface area contributed by atoms with E-state index in [1.54, 1.807) is 6.07 Å². The van der Waals surface area contributed by atoms with Gasteiger partial charge < -0.3 is 10.2 Å². The summed E-state index contributed by atoms with van der Waals surface area (Å²) in [5, 5.41) is 3.28. The summed E-state index contributed by atoms with van der Waals surface area (Å²) in [6.45, 7) is 3.98. The summed E-state index contributed by atoms with van der Waals surface area (Å²) in [5.74, 6) is 0.793. The first-order valence-electron chi connectivity index (χ1n) is 8.39. The molecule has 0 radical (unpaired) electrons. The minimum Gasteiger partial charge on any atom is -0.357 e. The molecule has 0 saturated heterocycles. The second-order valence-corrected chi connectivity index (χ2v) is 9.57. The maximum Gasteiger partial charge on any atom is 0.252 e. The Kier molecular flexibility index (Phi) is 7.19. The number of rotatable bonds is 7. The molecule has 0 fully saturated rings. The zero-order valence-corrected chi connectivity index (χ0v) is 17.3. The highest BCUT2D eigenvalue weighted by molar-refractivity contribution is 7.91. The number of thiophene rings is 1. The fourth-order valence-corrected chi connectivity index (χ4v) is 4.77. The van der Waals surface area contributed by atoms with Crippen molar-refractivity contribution in [2.24, 2.45) is 4.99 Å². The van der Waals surface area contributed by atoms with Crippen LogP contribution in [0.5, 0.6) is 0 Å². The van der Waals surface area contributed by atoms with Crippen molar-refractivity contribution in [3.63, 3.8) is 0 Å². The Morgan fingerprint density at radius 2 is 1.81 bits per heavy atom. The van der Waals surface area contributed by atoms with E-state index in [4.69, 9.17) is 0 Å². The van der Waals surface area contributed by atoms with Gasteiger partial charge in [0.05, 0.1) is 6.54 Å². The number of hydrogen-bond donors (Lipinski definition) is 1. The lowest BCUT2D eigenvalue weighted by Crippen LogP contribution is -2.38. The van der Waals surface area contributed by atoms with Crippen molar-refractivity contribution in [3.8, 4) is 0 Å². The van der Waals surface area contributed by atoms with Crippen molar-refractivity contribution in [1.82, 2.24) is 14.5 Å². The Hall–Kier alpha value is -1.90. The highest BCUT2D eigenvalue weighted by Crippen LogP contribution is 2.24. The molecular weight excluding hydrogens is 368 g/mol. The van der Waals surface area contributed by atoms with E-state index in [0.29, 0.717) is 10.8 Å². The van der Waals surface area contributed by atoms with Gasteiger partial charge in [0.1, 0.15) is 4.21 Å². The molecule has 1 N–H and O–H groups in total. The van der Waals surface area contributed by atoms with Crippen molar-refractivity contribution in [1.29, 1.82) is 0 Å². The highest BCUT2D eigenvalue weighted by atomic mass is 32.2. The Bertz CT molecular complexity index is 830. The van der Waals surface area contributed by atoms with Crippen LogP contribution in [-0.2, 0) is 23.1 Å². The van der Waals surface area contributed by atoms with Crippen LogP contribution in [0.3, 0.4) is 0 Å². The van der Waals surface area contributed by atoms with Gasteiger partial charge in [-0.3, -0.25) is 0 Å². The second-order valence-electron chi connectivity index (χ2n) is 6.02. The molecule has 1 aromatic heterocycles. The van der Waals surface area contributed by atoms with E-state index in [1.807, 2.05) is 38.2 Å². The third kappa shape index (κ3) is 5.30. The van der Waals surface area contributed by atoms with E-state index >= 15 is 0 Å². The van der Waals surface area contributed by atoms with E-state index < -0.39 is 10.0 Å². The predicted octanol–water partition coefficient (Wildman–Crippen LogP) is 2.60. The van der Waals surface area contributed by atoms with E-state index in [2.05, 4.69) is 27.3 Å². The van der Waals surface area contributed by atoms with Crippen LogP contribution in [0.25, 0.3) is 0 Å². The number of nitrogens with one attached hydrogen (secondary N) is 1. The van der Waals surface area contributed by atoms with Crippen molar-refractivity contribution < 1.29 is 8.42 Å². The average molecular weight is 395 g/mol. The summed E-state index contributed by atoms with van der Waals surface area (Å²) in [7, 11) is 1.68. The van der Waals surface area contributed by atoms with Gasteiger partial charge in [-0.25, -0.2) is 17.7 Å². The fraction of sp³-hybridized carbons (Fsp3) is 0.389. The molecule has 0 spiro atoms. The van der Waals surface area contributed by atoms with Crippen molar-refractivity contribution >= 4 is 27.3 Å². The van der Waals surface area contributed by atoms with Gasteiger partial charge in [-0.2, -0.15) is 0 Å². The van der Waals surface area contributed by atoms with Crippen LogP contribution in [0.2, 0.25) is 0 Å². The first-order chi connectivity index (χ1) is 12.3. The lowest BCUT2D eigenvalue weighted by molar-refractivity contribution is 0.477. The maximum atomic E-state index is 12.2. The molecule has 6 nitrogen and oxygen atoms in total. The standard InChI is InChI=1S/C18H26N4O2S2/c1-5-19-18(22(4)14-15-9-7-6-8-10-15)20-13-16-11-12-17(25-16)26(23,24)21(2)3/h6-12H,5,13-14H2,1-4H3,(H,19,20). The van der Waals surface area contributed by atoms with Crippen LogP contribution in [0.1, 0.15) is 17.4 Å². The summed E-state index contributed by atoms with van der Waals surface area (Å²) >= 11 is 1.26. The molecule has 1 heterocycles. The first-order valence-corrected chi connectivity index (χ1v) is 10.6. The number of aliphatic imine (C=N–C) groups is 1. The molecule has 2 rings (SSSR count). The van der Waals surface area contributed by atoms with Crippen LogP contribution in [0.15, 0.2) is 51.7 Å². The molecule has 0 aliphatic heterocycles. The van der Waals surface area contributed by atoms with E-state index in [-0.39, 0.29) is 0 Å². The minimum atomic E-state index is -3.38. The van der Waals surface area contributed by atoms with Crippen LogP contribution >= 0.6 is 11.3 Å². The molecule has 0 saturated carbocycles. The van der Waals surface area contributed by atoms with Crippen LogP contribution in [0, 0.1) is 0 Å². The zero-order chi connectivity index (χ0) is 19.2. The SMILES string of the molecule is CCNC(=NCc1ccc(S(=O)(=O)N(C)C)s1)N(C)Cc1ccccc1. The molecule has 8 heteroatoms. The summed E-state index contributed by atoms with van der Waals surface area (Å²) in [6.07, 6.45) is 0. The molecule has 0 aliphatic rings. The Morgan fingerprint density at radius 3 is 2.42 bits per heavy atom. The number of guanidine groups is 1. The van der Waals surface area contributed by atoms with Gasteiger partial charge >= 0.3 is 0 Å². The van der Waals surface area contributed by atoms with Gasteiger partial charge in [-0.1, -0.05) is 30.3 Å². The normalized spacial score (nSPS) is 12.4. The smallest absolute Gasteiger partial charge is 0.252 e. The van der Waals surface area contributed by atoms with Crippen LogP contribution in [-0.4, -0.2) is 51.3 Å². The Balaban J connectivity index is 2.11.